The van der Waals surface area contributed by atoms with Crippen molar-refractivity contribution in [2.75, 3.05) is 73.1 Å². The maximum atomic E-state index is 5.63. The van der Waals surface area contributed by atoms with Gasteiger partial charge in [-0.15, -0.1) is 0 Å². The van der Waals surface area contributed by atoms with Gasteiger partial charge in [0.1, 0.15) is 0 Å². The van der Waals surface area contributed by atoms with Crippen LogP contribution in [0.5, 0.6) is 0 Å². The normalized spacial score (nSPS) is 22.7. The SMILES string of the molecule is CCOCCC1(CNC(=NC)NCC(C)CN2CCN(C)CC2)CCCC1. The van der Waals surface area contributed by atoms with E-state index in [1.54, 1.807) is 0 Å². The van der Waals surface area contributed by atoms with Gasteiger partial charge in [0.05, 0.1) is 0 Å². The molecule has 0 bridgehead atoms. The Morgan fingerprint density at radius 1 is 1.15 bits per heavy atom. The molecule has 158 valence electrons. The highest BCUT2D eigenvalue weighted by Crippen LogP contribution is 2.40. The number of hydrogen-bond acceptors (Lipinski definition) is 4. The third kappa shape index (κ3) is 7.96. The summed E-state index contributed by atoms with van der Waals surface area (Å²) in [5, 5.41) is 7.15. The predicted molar refractivity (Wildman–Crippen MR) is 114 cm³/mol. The Labute approximate surface area is 167 Å². The number of likely N-dealkylation sites (N-methyl/N-ethyl adjacent to an activating group) is 1. The molecule has 2 fully saturated rings. The molecule has 0 aromatic carbocycles. The van der Waals surface area contributed by atoms with E-state index < -0.39 is 0 Å². The van der Waals surface area contributed by atoms with Crippen molar-refractivity contribution in [1.29, 1.82) is 0 Å². The number of ether oxygens (including phenoxy) is 1. The summed E-state index contributed by atoms with van der Waals surface area (Å²) in [5.74, 6) is 1.56. The molecule has 6 nitrogen and oxygen atoms in total. The van der Waals surface area contributed by atoms with Crippen molar-refractivity contribution in [2.45, 2.75) is 46.0 Å². The second-order valence-electron chi connectivity index (χ2n) is 8.67. The summed E-state index contributed by atoms with van der Waals surface area (Å²) < 4.78 is 5.63. The molecule has 0 amide bonds. The minimum Gasteiger partial charge on any atom is -0.382 e. The molecule has 1 saturated heterocycles. The third-order valence-corrected chi connectivity index (χ3v) is 6.28. The summed E-state index contributed by atoms with van der Waals surface area (Å²) in [6.07, 6.45) is 6.47. The van der Waals surface area contributed by atoms with Gasteiger partial charge in [0.2, 0.25) is 0 Å². The van der Waals surface area contributed by atoms with Crippen molar-refractivity contribution in [3.05, 3.63) is 0 Å². The molecule has 1 atom stereocenters. The Kier molecular flexibility index (Phi) is 9.87. The van der Waals surface area contributed by atoms with Crippen LogP contribution in [0.3, 0.4) is 0 Å². The molecule has 0 radical (unpaired) electrons. The van der Waals surface area contributed by atoms with Gasteiger partial charge in [0, 0.05) is 66.1 Å². The van der Waals surface area contributed by atoms with Crippen LogP contribution in [0.1, 0.15) is 46.0 Å². The van der Waals surface area contributed by atoms with E-state index in [1.165, 1.54) is 51.9 Å². The van der Waals surface area contributed by atoms with Crippen LogP contribution in [0.25, 0.3) is 0 Å². The number of rotatable bonds is 10. The lowest BCUT2D eigenvalue weighted by molar-refractivity contribution is 0.105. The van der Waals surface area contributed by atoms with Gasteiger partial charge >= 0.3 is 0 Å². The van der Waals surface area contributed by atoms with Crippen LogP contribution in [0.15, 0.2) is 4.99 Å². The molecule has 27 heavy (non-hydrogen) atoms. The number of guanidine groups is 1. The summed E-state index contributed by atoms with van der Waals surface area (Å²) in [4.78, 5) is 9.45. The van der Waals surface area contributed by atoms with Crippen LogP contribution in [0.2, 0.25) is 0 Å². The minimum atomic E-state index is 0.387. The van der Waals surface area contributed by atoms with Crippen molar-refractivity contribution < 1.29 is 4.74 Å². The Morgan fingerprint density at radius 2 is 1.85 bits per heavy atom. The van der Waals surface area contributed by atoms with Crippen LogP contribution in [-0.2, 0) is 4.74 Å². The van der Waals surface area contributed by atoms with Gasteiger partial charge in [-0.05, 0) is 44.6 Å². The van der Waals surface area contributed by atoms with Gasteiger partial charge in [-0.25, -0.2) is 0 Å². The van der Waals surface area contributed by atoms with Gasteiger partial charge in [0.15, 0.2) is 5.96 Å². The first-order valence-corrected chi connectivity index (χ1v) is 11.0. The average Bonchev–Trinajstić information content (AvgIpc) is 3.13. The second-order valence-corrected chi connectivity index (χ2v) is 8.67. The van der Waals surface area contributed by atoms with E-state index in [0.29, 0.717) is 11.3 Å². The van der Waals surface area contributed by atoms with Crippen LogP contribution in [0, 0.1) is 11.3 Å². The van der Waals surface area contributed by atoms with Crippen molar-refractivity contribution in [2.24, 2.45) is 16.3 Å². The highest BCUT2D eigenvalue weighted by atomic mass is 16.5. The van der Waals surface area contributed by atoms with Crippen molar-refractivity contribution in [3.8, 4) is 0 Å². The maximum Gasteiger partial charge on any atom is 0.191 e. The van der Waals surface area contributed by atoms with Crippen LogP contribution >= 0.6 is 0 Å². The molecule has 1 heterocycles. The van der Waals surface area contributed by atoms with Crippen LogP contribution < -0.4 is 10.6 Å². The van der Waals surface area contributed by atoms with Crippen molar-refractivity contribution >= 4 is 5.96 Å². The zero-order valence-corrected chi connectivity index (χ0v) is 18.2. The van der Waals surface area contributed by atoms with Gasteiger partial charge in [-0.2, -0.15) is 0 Å². The standard InChI is InChI=1S/C21H43N5O/c1-5-27-15-10-21(8-6-7-9-21)18-24-20(22-3)23-16-19(2)17-26-13-11-25(4)12-14-26/h19H,5-18H2,1-4H3,(H2,22,23,24). The minimum absolute atomic E-state index is 0.387. The fourth-order valence-corrected chi connectivity index (χ4v) is 4.37. The van der Waals surface area contributed by atoms with E-state index in [-0.39, 0.29) is 0 Å². The summed E-state index contributed by atoms with van der Waals surface area (Å²) in [6, 6.07) is 0. The zero-order chi connectivity index (χ0) is 19.5. The maximum absolute atomic E-state index is 5.63. The van der Waals surface area contributed by atoms with Gasteiger partial charge in [-0.3, -0.25) is 4.99 Å². The topological polar surface area (TPSA) is 52.1 Å². The fourth-order valence-electron chi connectivity index (χ4n) is 4.37. The molecule has 1 unspecified atom stereocenters. The van der Waals surface area contributed by atoms with E-state index in [0.717, 1.165) is 45.2 Å². The number of nitrogens with zero attached hydrogens (tertiary/aromatic N) is 3. The molecule has 2 N–H and O–H groups in total. The lowest BCUT2D eigenvalue weighted by Gasteiger charge is -2.34. The molecule has 0 aromatic heterocycles. The highest BCUT2D eigenvalue weighted by Gasteiger charge is 2.33. The summed E-state index contributed by atoms with van der Waals surface area (Å²) >= 11 is 0. The molecule has 1 saturated carbocycles. The van der Waals surface area contributed by atoms with E-state index in [2.05, 4.69) is 46.3 Å². The zero-order valence-electron chi connectivity index (χ0n) is 18.2. The molecular weight excluding hydrogens is 338 g/mol. The number of hydrogen-bond donors (Lipinski definition) is 2. The van der Waals surface area contributed by atoms with E-state index in [4.69, 9.17) is 4.74 Å². The Bertz CT molecular complexity index is 428. The molecular formula is C21H43N5O. The number of piperazine rings is 1. The second kappa shape index (κ2) is 11.9. The fraction of sp³-hybridized carbons (Fsp3) is 0.952. The lowest BCUT2D eigenvalue weighted by Crippen LogP contribution is -2.48. The molecule has 0 spiro atoms. The predicted octanol–water partition coefficient (Wildman–Crippen LogP) is 2.02. The quantitative estimate of drug-likeness (QED) is 0.344. The first-order valence-electron chi connectivity index (χ1n) is 11.0. The Hall–Kier alpha value is -0.850. The Morgan fingerprint density at radius 3 is 2.48 bits per heavy atom. The largest absolute Gasteiger partial charge is 0.382 e. The number of aliphatic imine (C=N–C) groups is 1. The van der Waals surface area contributed by atoms with Crippen molar-refractivity contribution in [3.63, 3.8) is 0 Å². The molecule has 2 rings (SSSR count). The van der Waals surface area contributed by atoms with Gasteiger partial charge in [-0.1, -0.05) is 19.8 Å². The molecule has 1 aliphatic heterocycles. The van der Waals surface area contributed by atoms with E-state index in [9.17, 15) is 0 Å². The summed E-state index contributed by atoms with van der Waals surface area (Å²) in [7, 11) is 4.09. The van der Waals surface area contributed by atoms with Crippen LogP contribution in [0.4, 0.5) is 0 Å². The van der Waals surface area contributed by atoms with Crippen molar-refractivity contribution in [1.82, 2.24) is 20.4 Å². The van der Waals surface area contributed by atoms with E-state index >= 15 is 0 Å². The highest BCUT2D eigenvalue weighted by molar-refractivity contribution is 5.79. The molecule has 6 heteroatoms. The Balaban J connectivity index is 1.69. The van der Waals surface area contributed by atoms with Gasteiger partial charge in [0.25, 0.3) is 0 Å². The third-order valence-electron chi connectivity index (χ3n) is 6.28. The summed E-state index contributed by atoms with van der Waals surface area (Å²) in [5.41, 5.74) is 0.387. The number of nitrogens with one attached hydrogen (secondary N) is 2. The first kappa shape index (κ1) is 22.4. The first-order chi connectivity index (χ1) is 13.1. The monoisotopic (exact) mass is 381 g/mol. The molecule has 1 aliphatic carbocycles. The summed E-state index contributed by atoms with van der Waals surface area (Å²) in [6.45, 7) is 14.0. The average molecular weight is 382 g/mol. The molecule has 2 aliphatic rings. The smallest absolute Gasteiger partial charge is 0.191 e. The van der Waals surface area contributed by atoms with Gasteiger partial charge < -0.3 is 25.2 Å². The van der Waals surface area contributed by atoms with Crippen LogP contribution in [-0.4, -0.2) is 88.9 Å². The van der Waals surface area contributed by atoms with E-state index in [1.807, 2.05) is 7.05 Å². The molecule has 0 aromatic rings. The lowest BCUT2D eigenvalue weighted by atomic mass is 9.83.